The van der Waals surface area contributed by atoms with E-state index in [4.69, 9.17) is 4.74 Å². The maximum Gasteiger partial charge on any atom is 0.234 e. The molecule has 1 rings (SSSR count). The molecule has 0 radical (unpaired) electrons. The Hall–Kier alpha value is -1.18. The van der Waals surface area contributed by atoms with E-state index in [1.807, 2.05) is 0 Å². The van der Waals surface area contributed by atoms with Gasteiger partial charge in [-0.25, -0.2) is 0 Å². The summed E-state index contributed by atoms with van der Waals surface area (Å²) in [5, 5.41) is 5.75. The van der Waals surface area contributed by atoms with Crippen LogP contribution in [0.4, 0.5) is 0 Å². The van der Waals surface area contributed by atoms with E-state index in [0.29, 0.717) is 32.2 Å². The van der Waals surface area contributed by atoms with E-state index in [1.54, 1.807) is 7.11 Å². The highest BCUT2D eigenvalue weighted by atomic mass is 16.5. The first-order valence-electron chi connectivity index (χ1n) is 7.98. The van der Waals surface area contributed by atoms with Crippen molar-refractivity contribution in [1.29, 1.82) is 0 Å². The monoisotopic (exact) mass is 314 g/mol. The van der Waals surface area contributed by atoms with Gasteiger partial charge in [0.1, 0.15) is 0 Å². The zero-order chi connectivity index (χ0) is 16.4. The van der Waals surface area contributed by atoms with Crippen LogP contribution >= 0.6 is 0 Å². The fourth-order valence-corrected chi connectivity index (χ4v) is 2.23. The van der Waals surface area contributed by atoms with Crippen LogP contribution in [0.3, 0.4) is 0 Å². The van der Waals surface area contributed by atoms with E-state index in [-0.39, 0.29) is 11.8 Å². The van der Waals surface area contributed by atoms with Crippen LogP contribution in [0.1, 0.15) is 13.8 Å². The molecule has 2 amide bonds. The van der Waals surface area contributed by atoms with Gasteiger partial charge in [0.15, 0.2) is 0 Å². The number of methoxy groups -OCH3 is 1. The molecule has 0 atom stereocenters. The number of hydrogen-bond donors (Lipinski definition) is 2. The lowest BCUT2D eigenvalue weighted by molar-refractivity contribution is -0.125. The van der Waals surface area contributed by atoms with Gasteiger partial charge < -0.3 is 15.4 Å². The van der Waals surface area contributed by atoms with Crippen LogP contribution < -0.4 is 10.6 Å². The lowest BCUT2D eigenvalue weighted by Crippen LogP contribution is -2.51. The smallest absolute Gasteiger partial charge is 0.234 e. The van der Waals surface area contributed by atoms with Gasteiger partial charge in [-0.2, -0.15) is 0 Å². The number of rotatable bonds is 9. The predicted octanol–water partition coefficient (Wildman–Crippen LogP) is -0.861. The quantitative estimate of drug-likeness (QED) is 0.542. The molecule has 0 aromatic heterocycles. The fraction of sp³-hybridized carbons (Fsp3) is 0.867. The van der Waals surface area contributed by atoms with Crippen LogP contribution in [0.25, 0.3) is 0 Å². The molecule has 22 heavy (non-hydrogen) atoms. The Balaban J connectivity index is 2.15. The minimum Gasteiger partial charge on any atom is -0.383 e. The first kappa shape index (κ1) is 18.9. The van der Waals surface area contributed by atoms with Gasteiger partial charge in [-0.3, -0.25) is 19.4 Å². The maximum atomic E-state index is 11.8. The lowest BCUT2D eigenvalue weighted by Gasteiger charge is -2.33. The number of hydrogen-bond acceptors (Lipinski definition) is 5. The van der Waals surface area contributed by atoms with Crippen molar-refractivity contribution >= 4 is 11.8 Å². The number of amides is 2. The first-order valence-corrected chi connectivity index (χ1v) is 7.98. The Morgan fingerprint density at radius 1 is 1.00 bits per heavy atom. The van der Waals surface area contributed by atoms with Crippen LogP contribution in [0.2, 0.25) is 0 Å². The largest absolute Gasteiger partial charge is 0.383 e. The van der Waals surface area contributed by atoms with Crippen LogP contribution in [0.15, 0.2) is 0 Å². The number of nitrogens with one attached hydrogen (secondary N) is 2. The van der Waals surface area contributed by atoms with Gasteiger partial charge in [-0.05, 0) is 5.92 Å². The predicted molar refractivity (Wildman–Crippen MR) is 85.6 cm³/mol. The van der Waals surface area contributed by atoms with Crippen LogP contribution in [0.5, 0.6) is 0 Å². The molecule has 1 saturated heterocycles. The normalized spacial score (nSPS) is 16.7. The van der Waals surface area contributed by atoms with Gasteiger partial charge >= 0.3 is 0 Å². The summed E-state index contributed by atoms with van der Waals surface area (Å²) >= 11 is 0. The van der Waals surface area contributed by atoms with E-state index in [2.05, 4.69) is 34.3 Å². The van der Waals surface area contributed by atoms with Gasteiger partial charge in [0.05, 0.1) is 19.7 Å². The molecule has 7 heteroatoms. The summed E-state index contributed by atoms with van der Waals surface area (Å²) in [4.78, 5) is 27.7. The van der Waals surface area contributed by atoms with E-state index >= 15 is 0 Å². The molecule has 1 aliphatic heterocycles. The van der Waals surface area contributed by atoms with Crippen molar-refractivity contribution in [2.75, 3.05) is 66.1 Å². The van der Waals surface area contributed by atoms with Crippen LogP contribution in [0, 0.1) is 5.92 Å². The van der Waals surface area contributed by atoms with Crippen LogP contribution in [-0.2, 0) is 14.3 Å². The van der Waals surface area contributed by atoms with Crippen molar-refractivity contribution in [3.63, 3.8) is 0 Å². The third-order valence-corrected chi connectivity index (χ3v) is 3.54. The molecule has 0 aliphatic carbocycles. The molecular weight excluding hydrogens is 284 g/mol. The second kappa shape index (κ2) is 10.5. The maximum absolute atomic E-state index is 11.8. The van der Waals surface area contributed by atoms with Crippen molar-refractivity contribution in [3.05, 3.63) is 0 Å². The van der Waals surface area contributed by atoms with E-state index in [1.165, 1.54) is 0 Å². The molecule has 0 bridgehead atoms. The van der Waals surface area contributed by atoms with E-state index < -0.39 is 0 Å². The molecule has 2 N–H and O–H groups in total. The van der Waals surface area contributed by atoms with Gasteiger partial charge in [-0.1, -0.05) is 13.8 Å². The summed E-state index contributed by atoms with van der Waals surface area (Å²) in [5.74, 6) is 0.581. The number of nitrogens with zero attached hydrogens (tertiary/aromatic N) is 2. The highest BCUT2D eigenvalue weighted by Crippen LogP contribution is 2.01. The molecule has 0 aromatic rings. The topological polar surface area (TPSA) is 73.9 Å². The molecule has 0 unspecified atom stereocenters. The minimum atomic E-state index is 0.0279. The highest BCUT2D eigenvalue weighted by molar-refractivity contribution is 5.78. The van der Waals surface area contributed by atoms with Crippen LogP contribution in [-0.4, -0.2) is 87.7 Å². The van der Waals surface area contributed by atoms with E-state index in [9.17, 15) is 9.59 Å². The zero-order valence-electron chi connectivity index (χ0n) is 14.1. The molecule has 0 spiro atoms. The minimum absolute atomic E-state index is 0.0279. The number of carbonyl (C=O) groups excluding carboxylic acids is 2. The number of piperazine rings is 1. The van der Waals surface area contributed by atoms with Crippen molar-refractivity contribution in [2.24, 2.45) is 5.92 Å². The second-order valence-electron chi connectivity index (χ2n) is 6.09. The Kier molecular flexibility index (Phi) is 9.03. The third kappa shape index (κ3) is 8.31. The zero-order valence-corrected chi connectivity index (χ0v) is 14.1. The summed E-state index contributed by atoms with van der Waals surface area (Å²) in [6.07, 6.45) is 0. The van der Waals surface area contributed by atoms with Crippen molar-refractivity contribution in [2.45, 2.75) is 13.8 Å². The molecular formula is C15H30N4O3. The number of ether oxygens (including phenoxy) is 1. The van der Waals surface area contributed by atoms with Gasteiger partial charge in [0.2, 0.25) is 11.8 Å². The molecule has 7 nitrogen and oxygen atoms in total. The summed E-state index contributed by atoms with van der Waals surface area (Å²) < 4.78 is 4.89. The standard InChI is InChI=1S/C15H30N4O3/c1-13(2)10-17-15(21)12-19-7-5-18(6-8-19)11-14(20)16-4-9-22-3/h13H,4-12H2,1-3H3,(H,16,20)(H,17,21). The summed E-state index contributed by atoms with van der Waals surface area (Å²) in [6.45, 7) is 10.1. The summed E-state index contributed by atoms with van der Waals surface area (Å²) in [5.41, 5.74) is 0. The third-order valence-electron chi connectivity index (χ3n) is 3.54. The molecule has 0 saturated carbocycles. The Labute approximate surface area is 133 Å². The molecule has 128 valence electrons. The Morgan fingerprint density at radius 3 is 1.95 bits per heavy atom. The second-order valence-corrected chi connectivity index (χ2v) is 6.09. The average molecular weight is 314 g/mol. The Bertz CT molecular complexity index is 342. The molecule has 1 heterocycles. The Morgan fingerprint density at radius 2 is 1.50 bits per heavy atom. The summed E-state index contributed by atoms with van der Waals surface area (Å²) in [7, 11) is 1.61. The van der Waals surface area contributed by atoms with Gasteiger partial charge in [0, 0.05) is 46.4 Å². The van der Waals surface area contributed by atoms with Crippen molar-refractivity contribution in [3.8, 4) is 0 Å². The SMILES string of the molecule is COCCNC(=O)CN1CCN(CC(=O)NCC(C)C)CC1. The lowest BCUT2D eigenvalue weighted by atomic mass is 10.2. The van der Waals surface area contributed by atoms with E-state index in [0.717, 1.165) is 32.7 Å². The number of carbonyl (C=O) groups is 2. The highest BCUT2D eigenvalue weighted by Gasteiger charge is 2.20. The average Bonchev–Trinajstić information content (AvgIpc) is 2.47. The first-order chi connectivity index (χ1) is 10.5. The molecule has 0 aromatic carbocycles. The fourth-order valence-electron chi connectivity index (χ4n) is 2.23. The molecule has 1 fully saturated rings. The van der Waals surface area contributed by atoms with Gasteiger partial charge in [0.25, 0.3) is 0 Å². The van der Waals surface area contributed by atoms with Crippen molar-refractivity contribution < 1.29 is 14.3 Å². The van der Waals surface area contributed by atoms with Crippen molar-refractivity contribution in [1.82, 2.24) is 20.4 Å². The van der Waals surface area contributed by atoms with Gasteiger partial charge in [-0.15, -0.1) is 0 Å². The molecule has 1 aliphatic rings. The summed E-state index contributed by atoms with van der Waals surface area (Å²) in [6, 6.07) is 0.